The van der Waals surface area contributed by atoms with Crippen LogP contribution < -0.4 is 0 Å². The Bertz CT molecular complexity index is 3630. The molecule has 2 heteroatoms. The highest BCUT2D eigenvalue weighted by molar-refractivity contribution is 6.15. The van der Waals surface area contributed by atoms with Crippen LogP contribution in [-0.4, -0.2) is 10.2 Å². The number of hydrogen-bond acceptors (Lipinski definition) is 2. The minimum atomic E-state index is -1.04. The molecule has 1 aliphatic rings. The van der Waals surface area contributed by atoms with Gasteiger partial charge in [-0.15, -0.1) is 0 Å². The van der Waals surface area contributed by atoms with Gasteiger partial charge in [-0.2, -0.15) is 0 Å². The van der Waals surface area contributed by atoms with Crippen molar-refractivity contribution in [1.29, 1.82) is 0 Å². The van der Waals surface area contributed by atoms with Crippen molar-refractivity contribution in [3.8, 4) is 44.9 Å². The Morgan fingerprint density at radius 1 is 0.238 bits per heavy atom. The van der Waals surface area contributed by atoms with Gasteiger partial charge in [-0.05, 0) is 145 Å². The first-order valence-corrected chi connectivity index (χ1v) is 21.6. The summed E-state index contributed by atoms with van der Waals surface area (Å²) in [5, 5.41) is 37.4. The van der Waals surface area contributed by atoms with Crippen molar-refractivity contribution in [1.82, 2.24) is 0 Å². The van der Waals surface area contributed by atoms with Crippen LogP contribution in [-0.2, 0) is 5.41 Å². The zero-order valence-corrected chi connectivity index (χ0v) is 34.2. The van der Waals surface area contributed by atoms with E-state index in [1.165, 1.54) is 21.5 Å². The molecule has 0 fully saturated rings. The van der Waals surface area contributed by atoms with Crippen molar-refractivity contribution < 1.29 is 10.2 Å². The Morgan fingerprint density at radius 2 is 0.587 bits per heavy atom. The van der Waals surface area contributed by atoms with Gasteiger partial charge in [0.15, 0.2) is 0 Å². The number of hydrogen-bond donors (Lipinski definition) is 2. The fourth-order valence-corrected chi connectivity index (χ4v) is 11.3. The van der Waals surface area contributed by atoms with Crippen molar-refractivity contribution in [2.45, 2.75) is 5.41 Å². The van der Waals surface area contributed by atoms with Gasteiger partial charge in [-0.3, -0.25) is 0 Å². The molecular weight excluding hydrogens is 765 g/mol. The summed E-state index contributed by atoms with van der Waals surface area (Å²) >= 11 is 0. The molecule has 0 heterocycles. The topological polar surface area (TPSA) is 40.5 Å². The number of aromatic hydroxyl groups is 2. The number of phenols is 2. The summed E-state index contributed by atoms with van der Waals surface area (Å²) in [4.78, 5) is 0. The van der Waals surface area contributed by atoms with Crippen LogP contribution >= 0.6 is 0 Å². The Labute approximate surface area is 364 Å². The van der Waals surface area contributed by atoms with Crippen LogP contribution in [0.25, 0.3) is 98.0 Å². The standard InChI is InChI=1S/C61H38O2/c62-41-33-53-45-21-7-3-15-39(45)29-31-49(53)57(35-41)61(58-36-42(63)34-54-46-22-8-4-16-40(46)30-32-50(54)58)55-27-11-25-51(47-23-9-17-37-13-1-5-19-43(37)47)59(55)60-52(26-12-28-56(60)61)48-24-10-18-38-14-2-6-20-44(38)48/h1-36,62-63H. The second-order valence-corrected chi connectivity index (χ2v) is 17.0. The normalized spacial score (nSPS) is 13.0. The van der Waals surface area contributed by atoms with E-state index in [-0.39, 0.29) is 11.5 Å². The van der Waals surface area contributed by atoms with Crippen molar-refractivity contribution in [3.63, 3.8) is 0 Å². The quantitative estimate of drug-likeness (QED) is 0.174. The van der Waals surface area contributed by atoms with Crippen LogP contribution in [0.5, 0.6) is 11.5 Å². The van der Waals surface area contributed by atoms with Gasteiger partial charge in [0.05, 0.1) is 5.41 Å². The number of rotatable bonds is 4. The van der Waals surface area contributed by atoms with Crippen LogP contribution in [0.3, 0.4) is 0 Å². The van der Waals surface area contributed by atoms with Crippen molar-refractivity contribution in [2.24, 2.45) is 0 Å². The second kappa shape index (κ2) is 13.4. The summed E-state index contributed by atoms with van der Waals surface area (Å²) in [5.74, 6) is 0.377. The van der Waals surface area contributed by atoms with E-state index in [1.54, 1.807) is 0 Å². The molecule has 1 aliphatic carbocycles. The van der Waals surface area contributed by atoms with Gasteiger partial charge in [0.2, 0.25) is 0 Å². The van der Waals surface area contributed by atoms with Crippen LogP contribution in [0.1, 0.15) is 22.3 Å². The van der Waals surface area contributed by atoms with E-state index in [0.717, 1.165) is 98.7 Å². The first-order valence-electron chi connectivity index (χ1n) is 21.6. The average Bonchev–Trinajstić information content (AvgIpc) is 3.64. The molecule has 0 saturated heterocycles. The van der Waals surface area contributed by atoms with Crippen molar-refractivity contribution in [3.05, 3.63) is 241 Å². The van der Waals surface area contributed by atoms with E-state index in [2.05, 4.69) is 194 Å². The zero-order chi connectivity index (χ0) is 41.8. The molecule has 12 aromatic carbocycles. The lowest BCUT2D eigenvalue weighted by Gasteiger charge is -2.36. The molecule has 0 saturated carbocycles. The molecule has 13 rings (SSSR count). The van der Waals surface area contributed by atoms with Gasteiger partial charge < -0.3 is 10.2 Å². The fourth-order valence-electron chi connectivity index (χ4n) is 11.3. The molecule has 0 radical (unpaired) electrons. The van der Waals surface area contributed by atoms with E-state index >= 15 is 0 Å². The predicted molar refractivity (Wildman–Crippen MR) is 263 cm³/mol. The third-order valence-corrected chi connectivity index (χ3v) is 13.8. The molecule has 0 aromatic heterocycles. The fraction of sp³-hybridized carbons (Fsp3) is 0.0164. The molecule has 0 aliphatic heterocycles. The molecule has 294 valence electrons. The highest BCUT2D eigenvalue weighted by Gasteiger charge is 2.50. The zero-order valence-electron chi connectivity index (χ0n) is 34.2. The van der Waals surface area contributed by atoms with Gasteiger partial charge in [0.1, 0.15) is 11.5 Å². The first-order chi connectivity index (χ1) is 31.1. The largest absolute Gasteiger partial charge is 0.508 e. The van der Waals surface area contributed by atoms with Gasteiger partial charge in [-0.25, -0.2) is 0 Å². The monoisotopic (exact) mass is 802 g/mol. The summed E-state index contributed by atoms with van der Waals surface area (Å²) in [6.45, 7) is 0. The molecule has 0 unspecified atom stereocenters. The van der Waals surface area contributed by atoms with Crippen molar-refractivity contribution >= 4 is 64.6 Å². The third-order valence-electron chi connectivity index (χ3n) is 13.8. The predicted octanol–water partition coefficient (Wildman–Crippen LogP) is 15.7. The molecule has 12 aromatic rings. The maximum absolute atomic E-state index is 12.1. The highest BCUT2D eigenvalue weighted by Crippen LogP contribution is 2.63. The Morgan fingerprint density at radius 3 is 1.03 bits per heavy atom. The van der Waals surface area contributed by atoms with Crippen LogP contribution in [0.4, 0.5) is 0 Å². The average molecular weight is 803 g/mol. The lowest BCUT2D eigenvalue weighted by atomic mass is 9.65. The van der Waals surface area contributed by atoms with E-state index in [1.807, 2.05) is 24.3 Å². The molecule has 2 N–H and O–H groups in total. The molecule has 63 heavy (non-hydrogen) atoms. The Hall–Kier alpha value is -8.20. The van der Waals surface area contributed by atoms with E-state index in [0.29, 0.717) is 0 Å². The van der Waals surface area contributed by atoms with E-state index in [4.69, 9.17) is 0 Å². The van der Waals surface area contributed by atoms with Crippen LogP contribution in [0.15, 0.2) is 218 Å². The maximum atomic E-state index is 12.1. The maximum Gasteiger partial charge on any atom is 0.116 e. The molecule has 0 spiro atoms. The second-order valence-electron chi connectivity index (χ2n) is 17.0. The van der Waals surface area contributed by atoms with Crippen LogP contribution in [0.2, 0.25) is 0 Å². The lowest BCUT2D eigenvalue weighted by Crippen LogP contribution is -2.29. The minimum absolute atomic E-state index is 0.188. The minimum Gasteiger partial charge on any atom is -0.508 e. The number of fused-ring (bicyclic) bond motifs is 11. The first kappa shape index (κ1) is 35.5. The van der Waals surface area contributed by atoms with E-state index < -0.39 is 5.41 Å². The lowest BCUT2D eigenvalue weighted by molar-refractivity contribution is 0.474. The van der Waals surface area contributed by atoms with E-state index in [9.17, 15) is 10.2 Å². The summed E-state index contributed by atoms with van der Waals surface area (Å²) in [7, 11) is 0. The molecular formula is C61H38O2. The van der Waals surface area contributed by atoms with Gasteiger partial charge >= 0.3 is 0 Å². The van der Waals surface area contributed by atoms with Gasteiger partial charge in [0.25, 0.3) is 0 Å². The Kier molecular flexibility index (Phi) is 7.56. The van der Waals surface area contributed by atoms with Gasteiger partial charge in [-0.1, -0.05) is 194 Å². The number of benzene rings is 12. The number of phenolic OH excluding ortho intramolecular Hbond substituents is 2. The summed E-state index contributed by atoms with van der Waals surface area (Å²) in [6.07, 6.45) is 0. The molecule has 0 atom stereocenters. The molecule has 0 amide bonds. The Balaban J connectivity index is 1.29. The summed E-state index contributed by atoms with van der Waals surface area (Å²) in [6, 6.07) is 77.6. The SMILES string of the molecule is Oc1cc(C2(c3cc(O)cc4c3ccc3ccccc34)c3cccc(-c4cccc5ccccc45)c3-c3c(-c4cccc5ccccc45)cccc32)c2ccc3ccccc3c2c1. The van der Waals surface area contributed by atoms with Crippen molar-refractivity contribution in [2.75, 3.05) is 0 Å². The summed E-state index contributed by atoms with van der Waals surface area (Å²) in [5.41, 5.74) is 9.90. The smallest absolute Gasteiger partial charge is 0.116 e. The van der Waals surface area contributed by atoms with Gasteiger partial charge in [0, 0.05) is 0 Å². The molecule has 0 bridgehead atoms. The van der Waals surface area contributed by atoms with Crippen LogP contribution in [0, 0.1) is 0 Å². The highest BCUT2D eigenvalue weighted by atomic mass is 16.3. The summed E-state index contributed by atoms with van der Waals surface area (Å²) < 4.78 is 0. The molecule has 2 nitrogen and oxygen atoms in total. The third kappa shape index (κ3) is 5.01.